The van der Waals surface area contributed by atoms with Crippen molar-refractivity contribution in [3.63, 3.8) is 0 Å². The smallest absolute Gasteiger partial charge is 0.264 e. The predicted molar refractivity (Wildman–Crippen MR) is 121 cm³/mol. The summed E-state index contributed by atoms with van der Waals surface area (Å²) in [6, 6.07) is 21.4. The molecule has 0 aromatic heterocycles. The van der Waals surface area contributed by atoms with Crippen LogP contribution in [-0.2, 0) is 16.9 Å². The van der Waals surface area contributed by atoms with E-state index in [1.54, 1.807) is 42.5 Å². The van der Waals surface area contributed by atoms with Crippen molar-refractivity contribution in [1.29, 1.82) is 0 Å². The molecule has 0 saturated heterocycles. The first-order chi connectivity index (χ1) is 13.9. The van der Waals surface area contributed by atoms with Gasteiger partial charge < -0.3 is 10.0 Å². The average Bonchev–Trinajstić information content (AvgIpc) is 2.92. The number of aliphatic hydroxyl groups is 1. The van der Waals surface area contributed by atoms with Crippen LogP contribution in [0.1, 0.15) is 27.9 Å². The van der Waals surface area contributed by atoms with Crippen LogP contribution in [0.3, 0.4) is 0 Å². The van der Waals surface area contributed by atoms with Crippen LogP contribution in [-0.4, -0.2) is 16.8 Å². The number of Topliss-reactive ketones (excluding diaryl/α,β-unsaturated/α-hetero) is 1. The molecular weight excluding hydrogens is 501 g/mol. The van der Waals surface area contributed by atoms with Crippen LogP contribution < -0.4 is 4.90 Å². The van der Waals surface area contributed by atoms with Gasteiger partial charge in [0.05, 0.1) is 18.7 Å². The van der Waals surface area contributed by atoms with Crippen LogP contribution in [0.5, 0.6) is 0 Å². The highest BCUT2D eigenvalue weighted by Gasteiger charge is 2.50. The summed E-state index contributed by atoms with van der Waals surface area (Å²) >= 11 is 8.43. The summed E-state index contributed by atoms with van der Waals surface area (Å²) in [5, 5.41) is 11.9. The zero-order valence-electron chi connectivity index (χ0n) is 15.3. The number of halogens is 2. The highest BCUT2D eigenvalue weighted by atomic mass is 127. The second-order valence-corrected chi connectivity index (χ2v) is 8.62. The number of carbonyl (C=O) groups excluding carboxylic acids is 2. The van der Waals surface area contributed by atoms with Crippen molar-refractivity contribution in [2.45, 2.75) is 18.6 Å². The molecule has 1 aliphatic heterocycles. The number of anilines is 1. The minimum atomic E-state index is -1.90. The van der Waals surface area contributed by atoms with Crippen LogP contribution in [0.25, 0.3) is 0 Å². The van der Waals surface area contributed by atoms with Gasteiger partial charge in [0.1, 0.15) is 0 Å². The molecule has 1 amide bonds. The number of nitrogens with zero attached hydrogens (tertiary/aromatic N) is 1. The molecule has 0 saturated carbocycles. The van der Waals surface area contributed by atoms with E-state index in [0.717, 1.165) is 9.13 Å². The molecule has 0 spiro atoms. The average molecular weight is 518 g/mol. The van der Waals surface area contributed by atoms with Gasteiger partial charge in [-0.1, -0.05) is 60.1 Å². The van der Waals surface area contributed by atoms with E-state index in [1.165, 1.54) is 4.90 Å². The number of benzene rings is 3. The Morgan fingerprint density at radius 3 is 2.38 bits per heavy atom. The number of ketones is 1. The number of carbonyl (C=O) groups is 2. The maximum atomic E-state index is 13.3. The SMILES string of the molecule is O=C(C[C@@]1(O)C(=O)N(Cc2ccccc2Cl)c2ccccc21)c1ccc(I)cc1. The Kier molecular flexibility index (Phi) is 5.46. The van der Waals surface area contributed by atoms with Gasteiger partial charge in [0.2, 0.25) is 0 Å². The lowest BCUT2D eigenvalue weighted by Gasteiger charge is -2.23. The lowest BCUT2D eigenvalue weighted by atomic mass is 9.88. The summed E-state index contributed by atoms with van der Waals surface area (Å²) in [4.78, 5) is 27.6. The predicted octanol–water partition coefficient (Wildman–Crippen LogP) is 4.95. The summed E-state index contributed by atoms with van der Waals surface area (Å²) in [5.74, 6) is -0.802. The Balaban J connectivity index is 1.69. The Bertz CT molecular complexity index is 1100. The minimum absolute atomic E-state index is 0.218. The van der Waals surface area contributed by atoms with Crippen LogP contribution in [0, 0.1) is 3.57 Å². The van der Waals surface area contributed by atoms with Gasteiger partial charge in [0.15, 0.2) is 11.4 Å². The van der Waals surface area contributed by atoms with E-state index >= 15 is 0 Å². The van der Waals surface area contributed by atoms with Crippen molar-refractivity contribution in [3.05, 3.63) is 98.1 Å². The molecule has 1 aliphatic rings. The largest absolute Gasteiger partial charge is 0.375 e. The van der Waals surface area contributed by atoms with E-state index in [-0.39, 0.29) is 18.7 Å². The zero-order valence-corrected chi connectivity index (χ0v) is 18.2. The highest BCUT2D eigenvalue weighted by Crippen LogP contribution is 2.43. The number of hydrogen-bond donors (Lipinski definition) is 1. The van der Waals surface area contributed by atoms with Crippen molar-refractivity contribution in [1.82, 2.24) is 0 Å². The van der Waals surface area contributed by atoms with Crippen molar-refractivity contribution < 1.29 is 14.7 Å². The van der Waals surface area contributed by atoms with Gasteiger partial charge in [0.25, 0.3) is 5.91 Å². The highest BCUT2D eigenvalue weighted by molar-refractivity contribution is 14.1. The van der Waals surface area contributed by atoms with Crippen molar-refractivity contribution in [2.24, 2.45) is 0 Å². The topological polar surface area (TPSA) is 57.6 Å². The molecule has 0 radical (unpaired) electrons. The number of amides is 1. The molecule has 6 heteroatoms. The minimum Gasteiger partial charge on any atom is -0.375 e. The number of para-hydroxylation sites is 1. The molecule has 4 nitrogen and oxygen atoms in total. The van der Waals surface area contributed by atoms with E-state index in [4.69, 9.17) is 11.6 Å². The van der Waals surface area contributed by atoms with E-state index in [1.807, 2.05) is 30.3 Å². The number of hydrogen-bond acceptors (Lipinski definition) is 3. The van der Waals surface area contributed by atoms with Crippen LogP contribution >= 0.6 is 34.2 Å². The van der Waals surface area contributed by atoms with Gasteiger partial charge >= 0.3 is 0 Å². The molecule has 1 N–H and O–H groups in total. The third kappa shape index (κ3) is 3.70. The van der Waals surface area contributed by atoms with E-state index < -0.39 is 11.5 Å². The van der Waals surface area contributed by atoms with Crippen LogP contribution in [0.15, 0.2) is 72.8 Å². The third-order valence-corrected chi connectivity index (χ3v) is 6.20. The summed E-state index contributed by atoms with van der Waals surface area (Å²) in [6.45, 7) is 0.218. The Morgan fingerprint density at radius 2 is 1.66 bits per heavy atom. The van der Waals surface area contributed by atoms with Gasteiger partial charge in [-0.2, -0.15) is 0 Å². The zero-order chi connectivity index (χ0) is 20.6. The number of rotatable bonds is 5. The third-order valence-electron chi connectivity index (χ3n) is 5.11. The maximum Gasteiger partial charge on any atom is 0.264 e. The Labute approximate surface area is 187 Å². The van der Waals surface area contributed by atoms with Gasteiger partial charge in [-0.15, -0.1) is 0 Å². The van der Waals surface area contributed by atoms with Crippen molar-refractivity contribution >= 4 is 51.6 Å². The molecule has 146 valence electrons. The van der Waals surface area contributed by atoms with E-state index in [0.29, 0.717) is 21.8 Å². The molecule has 4 rings (SSSR count). The molecule has 1 atom stereocenters. The Morgan fingerprint density at radius 1 is 1.00 bits per heavy atom. The molecule has 0 aliphatic carbocycles. The fraction of sp³-hybridized carbons (Fsp3) is 0.130. The Hall–Kier alpha value is -2.22. The normalized spacial score (nSPS) is 18.0. The first-order valence-corrected chi connectivity index (χ1v) is 10.5. The first kappa shape index (κ1) is 20.1. The van der Waals surface area contributed by atoms with Crippen LogP contribution in [0.2, 0.25) is 5.02 Å². The van der Waals surface area contributed by atoms with Gasteiger partial charge in [-0.05, 0) is 52.4 Å². The van der Waals surface area contributed by atoms with Crippen LogP contribution in [0.4, 0.5) is 5.69 Å². The second kappa shape index (κ2) is 7.89. The summed E-state index contributed by atoms with van der Waals surface area (Å²) in [6.07, 6.45) is -0.317. The molecular formula is C23H17ClINO3. The van der Waals surface area contributed by atoms with Gasteiger partial charge in [-0.3, -0.25) is 9.59 Å². The van der Waals surface area contributed by atoms with Gasteiger partial charge in [-0.25, -0.2) is 0 Å². The van der Waals surface area contributed by atoms with Crippen molar-refractivity contribution in [3.8, 4) is 0 Å². The second-order valence-electron chi connectivity index (χ2n) is 6.97. The monoisotopic (exact) mass is 517 g/mol. The lowest BCUT2D eigenvalue weighted by Crippen LogP contribution is -2.41. The molecule has 0 unspecified atom stereocenters. The summed E-state index contributed by atoms with van der Waals surface area (Å²) in [7, 11) is 0. The van der Waals surface area contributed by atoms with E-state index in [9.17, 15) is 14.7 Å². The fourth-order valence-corrected chi connectivity index (χ4v) is 4.16. The molecule has 0 bridgehead atoms. The molecule has 1 heterocycles. The molecule has 3 aromatic rings. The fourth-order valence-electron chi connectivity index (χ4n) is 3.60. The van der Waals surface area contributed by atoms with E-state index in [2.05, 4.69) is 22.6 Å². The van der Waals surface area contributed by atoms with Crippen molar-refractivity contribution in [2.75, 3.05) is 4.90 Å². The number of fused-ring (bicyclic) bond motifs is 1. The maximum absolute atomic E-state index is 13.3. The molecule has 0 fully saturated rings. The van der Waals surface area contributed by atoms with Gasteiger partial charge in [0, 0.05) is 19.7 Å². The summed E-state index contributed by atoms with van der Waals surface area (Å²) in [5.41, 5.74) is 0.364. The quantitative estimate of drug-likeness (QED) is 0.385. The standard InChI is InChI=1S/C23H17ClINO3/c24-19-7-3-1-5-16(19)14-26-20-8-4-2-6-18(20)23(29,22(26)28)13-21(27)15-9-11-17(25)12-10-15/h1-12,29H,13-14H2/t23-/m0/s1. The lowest BCUT2D eigenvalue weighted by molar-refractivity contribution is -0.136. The molecule has 3 aromatic carbocycles. The first-order valence-electron chi connectivity index (χ1n) is 9.06. The molecule has 29 heavy (non-hydrogen) atoms. The summed E-state index contributed by atoms with van der Waals surface area (Å²) < 4.78 is 1.01.